The van der Waals surface area contributed by atoms with Crippen LogP contribution in [0.5, 0.6) is 0 Å². The molecule has 0 radical (unpaired) electrons. The van der Waals surface area contributed by atoms with Gasteiger partial charge in [0.1, 0.15) is 0 Å². The lowest BCUT2D eigenvalue weighted by atomic mass is 10.1. The standard InChI is InChI=1S/C41H63NO17S/c1-36-6-8-37(9-7-36)60(45,46)59-35-34-58-33-32-57-31-30-56-29-28-55-27-26-54-25-24-53-23-22-52-21-20-51-19-18-50-17-16-49-15-14-48-13-12-47-11-10-42-40(43)38-4-2-3-5-39(38)41(42)44/h2-9H,10-35H2,1H3. The van der Waals surface area contributed by atoms with Gasteiger partial charge in [0.15, 0.2) is 0 Å². The van der Waals surface area contributed by atoms with Crippen molar-refractivity contribution < 1.29 is 79.0 Å². The molecule has 1 aliphatic rings. The molecule has 1 aliphatic heterocycles. The molecule has 0 bridgehead atoms. The number of carbonyl (C=O) groups is 2. The summed E-state index contributed by atoms with van der Waals surface area (Å²) in [5.41, 5.74) is 1.84. The molecular weight excluding hydrogens is 811 g/mol. The summed E-state index contributed by atoms with van der Waals surface area (Å²) in [6, 6.07) is 13.3. The molecule has 0 N–H and O–H groups in total. The number of nitrogens with zero attached hydrogens (tertiary/aromatic N) is 1. The Morgan fingerprint density at radius 1 is 0.383 bits per heavy atom. The molecule has 2 aromatic rings. The van der Waals surface area contributed by atoms with Gasteiger partial charge >= 0.3 is 0 Å². The van der Waals surface area contributed by atoms with E-state index >= 15 is 0 Å². The Morgan fingerprint density at radius 2 is 0.650 bits per heavy atom. The fourth-order valence-corrected chi connectivity index (χ4v) is 5.99. The summed E-state index contributed by atoms with van der Waals surface area (Å²) in [6.45, 7) is 11.9. The lowest BCUT2D eigenvalue weighted by Gasteiger charge is -2.13. The van der Waals surface area contributed by atoms with E-state index in [0.717, 1.165) is 5.56 Å². The number of benzene rings is 2. The Kier molecular flexibility index (Phi) is 28.8. The minimum atomic E-state index is -3.79. The highest BCUT2D eigenvalue weighted by Gasteiger charge is 2.34. The van der Waals surface area contributed by atoms with E-state index in [-0.39, 0.29) is 43.1 Å². The Balaban J connectivity index is 0.906. The predicted molar refractivity (Wildman–Crippen MR) is 216 cm³/mol. The molecule has 18 nitrogen and oxygen atoms in total. The third-order valence-corrected chi connectivity index (χ3v) is 9.53. The van der Waals surface area contributed by atoms with Crippen LogP contribution >= 0.6 is 0 Å². The molecule has 0 atom stereocenters. The molecule has 0 fully saturated rings. The van der Waals surface area contributed by atoms with Gasteiger partial charge in [-0.25, -0.2) is 0 Å². The van der Waals surface area contributed by atoms with Gasteiger partial charge in [0, 0.05) is 0 Å². The first-order chi connectivity index (χ1) is 29.4. The van der Waals surface area contributed by atoms with Crippen LogP contribution in [0.25, 0.3) is 0 Å². The average molecular weight is 874 g/mol. The van der Waals surface area contributed by atoms with Gasteiger partial charge in [-0.05, 0) is 31.2 Å². The number of fused-ring (bicyclic) bond motifs is 1. The Hall–Kier alpha value is -2.99. The number of rotatable bonds is 41. The van der Waals surface area contributed by atoms with Crippen LogP contribution in [-0.4, -0.2) is 197 Å². The second kappa shape index (κ2) is 33.6. The quantitative estimate of drug-likeness (QED) is 0.0536. The molecule has 0 saturated carbocycles. The van der Waals surface area contributed by atoms with E-state index in [2.05, 4.69) is 0 Å². The zero-order valence-electron chi connectivity index (χ0n) is 34.8. The van der Waals surface area contributed by atoms with Gasteiger partial charge in [-0.3, -0.25) is 18.7 Å². The van der Waals surface area contributed by atoms with Crippen LogP contribution in [0.1, 0.15) is 26.3 Å². The summed E-state index contributed by atoms with van der Waals surface area (Å²) in [7, 11) is -3.79. The van der Waals surface area contributed by atoms with Gasteiger partial charge in [-0.2, -0.15) is 8.42 Å². The maximum absolute atomic E-state index is 12.3. The smallest absolute Gasteiger partial charge is 0.297 e. The van der Waals surface area contributed by atoms with E-state index in [4.69, 9.17) is 61.0 Å². The predicted octanol–water partition coefficient (Wildman–Crippen LogP) is 2.20. The zero-order valence-corrected chi connectivity index (χ0v) is 35.6. The van der Waals surface area contributed by atoms with Crippen LogP contribution in [0.4, 0.5) is 0 Å². The van der Waals surface area contributed by atoms with Crippen molar-refractivity contribution in [2.75, 3.05) is 172 Å². The topological polar surface area (TPSA) is 192 Å². The van der Waals surface area contributed by atoms with Crippen molar-refractivity contribution in [1.82, 2.24) is 4.90 Å². The fraction of sp³-hybridized carbons (Fsp3) is 0.659. The number of amides is 2. The van der Waals surface area contributed by atoms with E-state index < -0.39 is 10.1 Å². The monoisotopic (exact) mass is 873 g/mol. The highest BCUT2D eigenvalue weighted by atomic mass is 32.2. The van der Waals surface area contributed by atoms with E-state index in [9.17, 15) is 18.0 Å². The molecule has 0 unspecified atom stereocenters. The number of imide groups is 1. The summed E-state index contributed by atoms with van der Waals surface area (Å²) >= 11 is 0. The number of carbonyl (C=O) groups excluding carboxylic acids is 2. The van der Waals surface area contributed by atoms with Crippen molar-refractivity contribution in [3.8, 4) is 0 Å². The largest absolute Gasteiger partial charge is 0.377 e. The highest BCUT2D eigenvalue weighted by molar-refractivity contribution is 7.86. The van der Waals surface area contributed by atoms with Crippen molar-refractivity contribution >= 4 is 21.9 Å². The molecule has 3 rings (SSSR count). The third-order valence-electron chi connectivity index (χ3n) is 8.21. The summed E-state index contributed by atoms with van der Waals surface area (Å²) in [5, 5.41) is 0. The Labute approximate surface area is 353 Å². The molecule has 2 aromatic carbocycles. The zero-order chi connectivity index (χ0) is 42.8. The Morgan fingerprint density at radius 3 is 0.950 bits per heavy atom. The van der Waals surface area contributed by atoms with Crippen molar-refractivity contribution in [2.45, 2.75) is 11.8 Å². The average Bonchev–Trinajstić information content (AvgIpc) is 3.49. The van der Waals surface area contributed by atoms with E-state index in [1.54, 1.807) is 36.4 Å². The molecule has 19 heteroatoms. The lowest BCUT2D eigenvalue weighted by Crippen LogP contribution is -2.33. The minimum absolute atomic E-state index is 0.0683. The number of hydrogen-bond acceptors (Lipinski definition) is 17. The first-order valence-corrected chi connectivity index (χ1v) is 21.6. The van der Waals surface area contributed by atoms with Gasteiger partial charge in [-0.15, -0.1) is 0 Å². The van der Waals surface area contributed by atoms with Gasteiger partial charge in [0.2, 0.25) is 0 Å². The normalized spacial score (nSPS) is 12.8. The maximum atomic E-state index is 12.3. The third kappa shape index (κ3) is 23.3. The van der Waals surface area contributed by atoms with Crippen LogP contribution in [-0.2, 0) is 71.1 Å². The van der Waals surface area contributed by atoms with Crippen molar-refractivity contribution in [3.63, 3.8) is 0 Å². The molecule has 0 saturated heterocycles. The molecule has 2 amide bonds. The molecular formula is C41H63NO17S. The number of ether oxygens (including phenoxy) is 12. The molecule has 0 aromatic heterocycles. The number of hydrogen-bond donors (Lipinski definition) is 0. The van der Waals surface area contributed by atoms with Crippen LogP contribution in [0.3, 0.4) is 0 Å². The van der Waals surface area contributed by atoms with Gasteiger partial charge in [0.25, 0.3) is 21.9 Å². The number of aryl methyl sites for hydroxylation is 1. The highest BCUT2D eigenvalue weighted by Crippen LogP contribution is 2.22. The van der Waals surface area contributed by atoms with Crippen LogP contribution in [0, 0.1) is 6.92 Å². The van der Waals surface area contributed by atoms with Crippen molar-refractivity contribution in [1.29, 1.82) is 0 Å². The van der Waals surface area contributed by atoms with E-state index in [1.807, 2.05) is 6.92 Å². The maximum Gasteiger partial charge on any atom is 0.297 e. The minimum Gasteiger partial charge on any atom is -0.377 e. The van der Waals surface area contributed by atoms with E-state index in [1.165, 1.54) is 17.0 Å². The van der Waals surface area contributed by atoms with Crippen LogP contribution in [0.2, 0.25) is 0 Å². The first kappa shape index (κ1) is 51.4. The molecule has 1 heterocycles. The van der Waals surface area contributed by atoms with Gasteiger partial charge < -0.3 is 56.8 Å². The summed E-state index contributed by atoms with van der Waals surface area (Å²) in [6.07, 6.45) is 0. The fourth-order valence-electron chi connectivity index (χ4n) is 5.09. The van der Waals surface area contributed by atoms with Crippen molar-refractivity contribution in [3.05, 3.63) is 65.2 Å². The Bertz CT molecular complexity index is 1480. The molecule has 0 aliphatic carbocycles. The first-order valence-electron chi connectivity index (χ1n) is 20.2. The molecule has 60 heavy (non-hydrogen) atoms. The summed E-state index contributed by atoms with van der Waals surface area (Å²) in [5.74, 6) is -0.570. The lowest BCUT2D eigenvalue weighted by molar-refractivity contribution is -0.0285. The van der Waals surface area contributed by atoms with E-state index in [0.29, 0.717) is 156 Å². The second-order valence-corrected chi connectivity index (χ2v) is 14.4. The molecule has 340 valence electrons. The van der Waals surface area contributed by atoms with Crippen LogP contribution < -0.4 is 0 Å². The second-order valence-electron chi connectivity index (χ2n) is 12.7. The molecule has 0 spiro atoms. The summed E-state index contributed by atoms with van der Waals surface area (Å²) in [4.78, 5) is 26.0. The van der Waals surface area contributed by atoms with Crippen molar-refractivity contribution in [2.24, 2.45) is 0 Å². The van der Waals surface area contributed by atoms with Gasteiger partial charge in [0.05, 0.1) is 188 Å². The van der Waals surface area contributed by atoms with Crippen LogP contribution in [0.15, 0.2) is 53.4 Å². The van der Waals surface area contributed by atoms with Gasteiger partial charge in [-0.1, -0.05) is 29.8 Å². The SMILES string of the molecule is Cc1ccc(S(=O)(=O)OCCOCCOCCOCCOCCOCCOCCOCCOCCOCCOCCOCCOCCN2C(=O)c3ccccc3C2=O)cc1. The summed E-state index contributed by atoms with van der Waals surface area (Å²) < 4.78 is 94.8.